The molecule has 0 fully saturated rings. The first-order valence-corrected chi connectivity index (χ1v) is 11.0. The van der Waals surface area contributed by atoms with Gasteiger partial charge in [-0.2, -0.15) is 0 Å². The largest absolute Gasteiger partial charge is 0.493 e. The quantitative estimate of drug-likeness (QED) is 0.779. The van der Waals surface area contributed by atoms with E-state index >= 15 is 0 Å². The van der Waals surface area contributed by atoms with Gasteiger partial charge < -0.3 is 14.8 Å². The van der Waals surface area contributed by atoms with E-state index in [0.29, 0.717) is 34.0 Å². The lowest BCUT2D eigenvalue weighted by molar-refractivity contribution is -0.112. The molecule has 0 unspecified atom stereocenters. The highest BCUT2D eigenvalue weighted by Crippen LogP contribution is 2.45. The van der Waals surface area contributed by atoms with Crippen LogP contribution in [0.5, 0.6) is 11.5 Å². The van der Waals surface area contributed by atoms with Crippen LogP contribution >= 0.6 is 0 Å². The number of amides is 1. The molecule has 2 aromatic rings. The van der Waals surface area contributed by atoms with Crippen molar-refractivity contribution in [2.75, 3.05) is 30.4 Å². The zero-order valence-electron chi connectivity index (χ0n) is 18.0. The average molecular weight is 431 g/mol. The normalized spacial score (nSPS) is 14.9. The maximum Gasteiger partial charge on any atom is 0.270 e. The summed E-state index contributed by atoms with van der Waals surface area (Å²) in [6.45, 7) is 7.28. The Kier molecular flexibility index (Phi) is 5.81. The molecule has 1 N–H and O–H groups in total. The Balaban J connectivity index is 2.20. The molecule has 1 aliphatic heterocycles. The van der Waals surface area contributed by atoms with E-state index < -0.39 is 15.9 Å². The van der Waals surface area contributed by atoms with Crippen molar-refractivity contribution in [3.63, 3.8) is 0 Å². The van der Waals surface area contributed by atoms with Gasteiger partial charge in [-0.3, -0.25) is 9.10 Å². The number of carbonyl (C=O) groups is 1. The summed E-state index contributed by atoms with van der Waals surface area (Å²) in [4.78, 5) is 12.9. The molecule has 30 heavy (non-hydrogen) atoms. The number of benzene rings is 2. The van der Waals surface area contributed by atoms with Gasteiger partial charge in [-0.15, -0.1) is 0 Å². The smallest absolute Gasteiger partial charge is 0.270 e. The third kappa shape index (κ3) is 3.52. The number of nitrogens with one attached hydrogen (secondary N) is 1. The minimum Gasteiger partial charge on any atom is -0.493 e. The molecule has 0 bridgehead atoms. The minimum absolute atomic E-state index is 0.165. The molecule has 0 saturated carbocycles. The van der Waals surface area contributed by atoms with E-state index in [-0.39, 0.29) is 11.4 Å². The van der Waals surface area contributed by atoms with Crippen LogP contribution in [-0.2, 0) is 14.8 Å². The number of anilines is 2. The van der Waals surface area contributed by atoms with Crippen molar-refractivity contribution in [1.29, 1.82) is 0 Å². The second-order valence-corrected chi connectivity index (χ2v) is 8.92. The number of aryl methyl sites for hydroxylation is 2. The third-order valence-corrected chi connectivity index (χ3v) is 7.24. The van der Waals surface area contributed by atoms with Crippen LogP contribution < -0.4 is 19.1 Å². The van der Waals surface area contributed by atoms with Gasteiger partial charge in [0.1, 0.15) is 0 Å². The number of hydrogen-bond donors (Lipinski definition) is 1. The van der Waals surface area contributed by atoms with E-state index in [2.05, 4.69) is 5.32 Å². The maximum atomic E-state index is 13.4. The SMILES string of the molecule is CCN1c2cc(OC)c(OC)cc2C(C)=C(C(=O)Nc2cc(C)ccc2C)S1(=O)=O. The molecule has 0 atom stereocenters. The topological polar surface area (TPSA) is 84.9 Å². The number of nitrogens with zero attached hydrogens (tertiary/aromatic N) is 1. The van der Waals surface area contributed by atoms with Gasteiger partial charge in [0, 0.05) is 23.9 Å². The van der Waals surface area contributed by atoms with Crippen LogP contribution in [0.15, 0.2) is 35.2 Å². The van der Waals surface area contributed by atoms with E-state index in [0.717, 1.165) is 11.1 Å². The van der Waals surface area contributed by atoms with Crippen molar-refractivity contribution in [2.24, 2.45) is 0 Å². The van der Waals surface area contributed by atoms with Gasteiger partial charge in [0.15, 0.2) is 16.4 Å². The Hall–Kier alpha value is -3.00. The summed E-state index contributed by atoms with van der Waals surface area (Å²) in [5.74, 6) is 0.210. The predicted molar refractivity (Wildman–Crippen MR) is 119 cm³/mol. The Morgan fingerprint density at radius 2 is 1.67 bits per heavy atom. The lowest BCUT2D eigenvalue weighted by Gasteiger charge is -2.32. The number of hydrogen-bond acceptors (Lipinski definition) is 5. The molecule has 8 heteroatoms. The van der Waals surface area contributed by atoms with Gasteiger partial charge in [0.2, 0.25) is 0 Å². The Labute approximate surface area is 177 Å². The van der Waals surface area contributed by atoms with Crippen LogP contribution in [0.25, 0.3) is 5.57 Å². The molecule has 0 radical (unpaired) electrons. The summed E-state index contributed by atoms with van der Waals surface area (Å²) >= 11 is 0. The van der Waals surface area contributed by atoms with Crippen LogP contribution in [0.3, 0.4) is 0 Å². The number of allylic oxidation sites excluding steroid dienone is 1. The third-order valence-electron chi connectivity index (χ3n) is 5.20. The fourth-order valence-electron chi connectivity index (χ4n) is 3.61. The summed E-state index contributed by atoms with van der Waals surface area (Å²) in [5, 5.41) is 2.77. The van der Waals surface area contributed by atoms with Gasteiger partial charge in [0.05, 0.1) is 19.9 Å². The van der Waals surface area contributed by atoms with Crippen molar-refractivity contribution in [2.45, 2.75) is 27.7 Å². The van der Waals surface area contributed by atoms with Crippen molar-refractivity contribution in [3.8, 4) is 11.5 Å². The van der Waals surface area contributed by atoms with Gasteiger partial charge in [-0.05, 0) is 56.5 Å². The van der Waals surface area contributed by atoms with E-state index in [1.165, 1.54) is 18.5 Å². The molecule has 160 valence electrons. The number of fused-ring (bicyclic) bond motifs is 1. The maximum absolute atomic E-state index is 13.4. The monoisotopic (exact) mass is 430 g/mol. The van der Waals surface area contributed by atoms with Crippen LogP contribution in [0.4, 0.5) is 11.4 Å². The first-order chi connectivity index (χ1) is 14.1. The number of methoxy groups -OCH3 is 2. The van der Waals surface area contributed by atoms with Crippen molar-refractivity contribution in [1.82, 2.24) is 0 Å². The molecule has 0 aliphatic carbocycles. The van der Waals surface area contributed by atoms with Crippen LogP contribution in [0.1, 0.15) is 30.5 Å². The van der Waals surface area contributed by atoms with Crippen LogP contribution in [-0.4, -0.2) is 35.1 Å². The molecule has 0 aromatic heterocycles. The van der Waals surface area contributed by atoms with Crippen LogP contribution in [0.2, 0.25) is 0 Å². The minimum atomic E-state index is -4.06. The molecule has 7 nitrogen and oxygen atoms in total. The van der Waals surface area contributed by atoms with Crippen molar-refractivity contribution < 1.29 is 22.7 Å². The number of ether oxygens (including phenoxy) is 2. The van der Waals surface area contributed by atoms with Gasteiger partial charge >= 0.3 is 0 Å². The summed E-state index contributed by atoms with van der Waals surface area (Å²) in [6, 6.07) is 8.95. The highest BCUT2D eigenvalue weighted by atomic mass is 32.2. The lowest BCUT2D eigenvalue weighted by atomic mass is 10.0. The van der Waals surface area contributed by atoms with E-state index in [1.807, 2.05) is 32.0 Å². The second kappa shape index (κ2) is 8.02. The molecular weight excluding hydrogens is 404 g/mol. The number of rotatable bonds is 5. The van der Waals surface area contributed by atoms with Gasteiger partial charge in [-0.1, -0.05) is 12.1 Å². The van der Waals surface area contributed by atoms with Crippen molar-refractivity contribution in [3.05, 3.63) is 51.9 Å². The first kappa shape index (κ1) is 21.7. The molecule has 3 rings (SSSR count). The molecule has 0 saturated heterocycles. The first-order valence-electron chi connectivity index (χ1n) is 9.54. The highest BCUT2D eigenvalue weighted by Gasteiger charge is 2.39. The zero-order chi connectivity index (χ0) is 22.2. The highest BCUT2D eigenvalue weighted by molar-refractivity contribution is 7.97. The summed E-state index contributed by atoms with van der Waals surface area (Å²) in [5.41, 5.74) is 3.81. The van der Waals surface area contributed by atoms with E-state index in [9.17, 15) is 13.2 Å². The Morgan fingerprint density at radius 3 is 2.27 bits per heavy atom. The van der Waals surface area contributed by atoms with Crippen LogP contribution in [0, 0.1) is 13.8 Å². The average Bonchev–Trinajstić information content (AvgIpc) is 2.69. The van der Waals surface area contributed by atoms with Crippen molar-refractivity contribution >= 4 is 32.9 Å². The van der Waals surface area contributed by atoms with Gasteiger partial charge in [0.25, 0.3) is 15.9 Å². The number of sulfonamides is 1. The zero-order valence-corrected chi connectivity index (χ0v) is 18.8. The molecular formula is C22H26N2O5S. The van der Waals surface area contributed by atoms with E-state index in [4.69, 9.17) is 9.47 Å². The molecule has 0 spiro atoms. The Morgan fingerprint density at radius 1 is 1.03 bits per heavy atom. The lowest BCUT2D eigenvalue weighted by Crippen LogP contribution is -2.39. The number of carbonyl (C=O) groups excluding carboxylic acids is 1. The standard InChI is InChI=1S/C22H26N2O5S/c1-7-24-18-12-20(29-6)19(28-5)11-16(18)15(4)21(30(24,26)27)22(25)23-17-10-13(2)8-9-14(17)3/h8-12H,7H2,1-6H3,(H,23,25). The summed E-state index contributed by atoms with van der Waals surface area (Å²) in [6.07, 6.45) is 0. The fourth-order valence-corrected chi connectivity index (χ4v) is 5.36. The molecule has 1 aliphatic rings. The molecule has 2 aromatic carbocycles. The molecule has 1 heterocycles. The second-order valence-electron chi connectivity index (χ2n) is 7.12. The van der Waals surface area contributed by atoms with Gasteiger partial charge in [-0.25, -0.2) is 8.42 Å². The van der Waals surface area contributed by atoms with E-state index in [1.54, 1.807) is 26.0 Å². The Bertz CT molecular complexity index is 1150. The molecule has 1 amide bonds. The predicted octanol–water partition coefficient (Wildman–Crippen LogP) is 3.86. The summed E-state index contributed by atoms with van der Waals surface area (Å²) < 4.78 is 38.7. The fraction of sp³-hybridized carbons (Fsp3) is 0.318. The summed E-state index contributed by atoms with van der Waals surface area (Å²) in [7, 11) is -1.06.